The van der Waals surface area contributed by atoms with Crippen molar-refractivity contribution in [3.05, 3.63) is 77.9 Å². The molecule has 2 atom stereocenters. The highest BCUT2D eigenvalue weighted by molar-refractivity contribution is 6.02. The Morgan fingerprint density at radius 3 is 2.03 bits per heavy atom. The molecule has 2 aromatic rings. The summed E-state index contributed by atoms with van der Waals surface area (Å²) in [6, 6.07) is 18.8. The van der Waals surface area contributed by atoms with E-state index in [0.717, 1.165) is 5.56 Å². The zero-order valence-electron chi connectivity index (χ0n) is 18.7. The molecule has 0 bridgehead atoms. The van der Waals surface area contributed by atoms with E-state index in [1.165, 1.54) is 0 Å². The standard InChI is InChI=1S/C27H30O5/c1-3-31-25(29)27(26(30)32-4-2,17-11-14-20-12-7-5-8-13-20)19-22-18-23(22)24(28)21-15-9-6-10-16-21/h5-16,22-23H,3-4,17-19H2,1-2H3/b14-11+. The lowest BCUT2D eigenvalue weighted by Gasteiger charge is -2.28. The van der Waals surface area contributed by atoms with Gasteiger partial charge in [0.05, 0.1) is 13.2 Å². The van der Waals surface area contributed by atoms with Gasteiger partial charge in [-0.3, -0.25) is 14.4 Å². The predicted molar refractivity (Wildman–Crippen MR) is 123 cm³/mol. The average molecular weight is 435 g/mol. The molecule has 0 heterocycles. The van der Waals surface area contributed by atoms with Gasteiger partial charge in [-0.15, -0.1) is 0 Å². The second-order valence-electron chi connectivity index (χ2n) is 8.08. The highest BCUT2D eigenvalue weighted by Gasteiger charge is 2.55. The van der Waals surface area contributed by atoms with E-state index in [4.69, 9.17) is 9.47 Å². The zero-order valence-corrected chi connectivity index (χ0v) is 18.7. The fourth-order valence-corrected chi connectivity index (χ4v) is 4.06. The molecule has 1 aliphatic rings. The van der Waals surface area contributed by atoms with Crippen LogP contribution in [0.2, 0.25) is 0 Å². The number of ether oxygens (including phenoxy) is 2. The lowest BCUT2D eigenvalue weighted by molar-refractivity contribution is -0.173. The van der Waals surface area contributed by atoms with Gasteiger partial charge in [0.1, 0.15) is 0 Å². The Labute approximate surface area is 189 Å². The van der Waals surface area contributed by atoms with Crippen molar-refractivity contribution in [2.75, 3.05) is 13.2 Å². The van der Waals surface area contributed by atoms with Gasteiger partial charge in [-0.25, -0.2) is 0 Å². The van der Waals surface area contributed by atoms with E-state index in [2.05, 4.69) is 0 Å². The number of benzene rings is 2. The minimum atomic E-state index is -1.46. The van der Waals surface area contributed by atoms with E-state index in [0.29, 0.717) is 12.0 Å². The molecular weight excluding hydrogens is 404 g/mol. The summed E-state index contributed by atoms with van der Waals surface area (Å²) < 4.78 is 10.7. The van der Waals surface area contributed by atoms with Crippen LogP contribution in [-0.2, 0) is 19.1 Å². The number of Topliss-reactive ketones (excluding diaryl/α,β-unsaturated/α-hetero) is 1. The van der Waals surface area contributed by atoms with Crippen molar-refractivity contribution >= 4 is 23.8 Å². The third-order valence-electron chi connectivity index (χ3n) is 5.84. The van der Waals surface area contributed by atoms with Crippen LogP contribution in [0.5, 0.6) is 0 Å². The second kappa shape index (κ2) is 10.9. The second-order valence-corrected chi connectivity index (χ2v) is 8.08. The number of esters is 2. The van der Waals surface area contributed by atoms with Crippen molar-refractivity contribution in [1.29, 1.82) is 0 Å². The normalized spacial score (nSPS) is 17.7. The van der Waals surface area contributed by atoms with Crippen LogP contribution in [0.25, 0.3) is 6.08 Å². The van der Waals surface area contributed by atoms with Crippen LogP contribution < -0.4 is 0 Å². The molecule has 5 heteroatoms. The van der Waals surface area contributed by atoms with Gasteiger partial charge in [-0.1, -0.05) is 72.8 Å². The molecule has 1 fully saturated rings. The maximum Gasteiger partial charge on any atom is 0.323 e. The van der Waals surface area contributed by atoms with Crippen molar-refractivity contribution in [2.24, 2.45) is 17.3 Å². The Bertz CT molecular complexity index is 931. The first-order valence-corrected chi connectivity index (χ1v) is 11.2. The Kier molecular flexibility index (Phi) is 7.98. The highest BCUT2D eigenvalue weighted by Crippen LogP contribution is 2.50. The summed E-state index contributed by atoms with van der Waals surface area (Å²) in [4.78, 5) is 39.0. The van der Waals surface area contributed by atoms with Crippen molar-refractivity contribution in [3.8, 4) is 0 Å². The van der Waals surface area contributed by atoms with Crippen molar-refractivity contribution in [2.45, 2.75) is 33.1 Å². The molecule has 0 aliphatic heterocycles. The van der Waals surface area contributed by atoms with E-state index < -0.39 is 17.4 Å². The third-order valence-corrected chi connectivity index (χ3v) is 5.84. The van der Waals surface area contributed by atoms with Crippen molar-refractivity contribution < 1.29 is 23.9 Å². The SMILES string of the molecule is CCOC(=O)C(C/C=C/c1ccccc1)(CC1CC1C(=O)c1ccccc1)C(=O)OCC. The van der Waals surface area contributed by atoms with Crippen molar-refractivity contribution in [3.63, 3.8) is 0 Å². The first-order chi connectivity index (χ1) is 15.5. The van der Waals surface area contributed by atoms with Gasteiger partial charge in [-0.2, -0.15) is 0 Å². The first-order valence-electron chi connectivity index (χ1n) is 11.2. The summed E-state index contributed by atoms with van der Waals surface area (Å²) in [5, 5.41) is 0. The average Bonchev–Trinajstić information content (AvgIpc) is 3.58. The zero-order chi connectivity index (χ0) is 23.0. The third kappa shape index (κ3) is 5.52. The van der Waals surface area contributed by atoms with E-state index in [1.54, 1.807) is 26.0 Å². The van der Waals surface area contributed by atoms with Gasteiger partial charge >= 0.3 is 11.9 Å². The summed E-state index contributed by atoms with van der Waals surface area (Å²) in [6.45, 7) is 3.76. The quantitative estimate of drug-likeness (QED) is 0.279. The molecule has 0 spiro atoms. The summed E-state index contributed by atoms with van der Waals surface area (Å²) in [5.41, 5.74) is 0.160. The summed E-state index contributed by atoms with van der Waals surface area (Å²) in [6.07, 6.45) is 4.73. The highest BCUT2D eigenvalue weighted by atomic mass is 16.6. The number of hydrogen-bond acceptors (Lipinski definition) is 5. The molecule has 0 N–H and O–H groups in total. The predicted octanol–water partition coefficient (Wildman–Crippen LogP) is 5.11. The number of allylic oxidation sites excluding steroid dienone is 1. The molecule has 0 aromatic heterocycles. The Morgan fingerprint density at radius 1 is 0.906 bits per heavy atom. The minimum Gasteiger partial charge on any atom is -0.465 e. The van der Waals surface area contributed by atoms with Crippen LogP contribution >= 0.6 is 0 Å². The van der Waals surface area contributed by atoms with Gasteiger partial charge in [0, 0.05) is 11.5 Å². The van der Waals surface area contributed by atoms with Crippen LogP contribution in [0.15, 0.2) is 66.7 Å². The van der Waals surface area contributed by atoms with Gasteiger partial charge < -0.3 is 9.47 Å². The van der Waals surface area contributed by atoms with E-state index >= 15 is 0 Å². The molecular formula is C27H30O5. The van der Waals surface area contributed by atoms with E-state index in [-0.39, 0.29) is 43.7 Å². The first kappa shape index (κ1) is 23.5. The van der Waals surface area contributed by atoms with E-state index in [1.807, 2.05) is 60.7 Å². The molecule has 0 radical (unpaired) electrons. The smallest absolute Gasteiger partial charge is 0.323 e. The topological polar surface area (TPSA) is 69.7 Å². The lowest BCUT2D eigenvalue weighted by atomic mass is 9.78. The number of rotatable bonds is 11. The summed E-state index contributed by atoms with van der Waals surface area (Å²) in [5.74, 6) is -1.39. The molecule has 1 aliphatic carbocycles. The monoisotopic (exact) mass is 434 g/mol. The van der Waals surface area contributed by atoms with Gasteiger partial charge in [0.2, 0.25) is 0 Å². The number of carbonyl (C=O) groups is 3. The maximum atomic E-state index is 13.1. The van der Waals surface area contributed by atoms with Crippen LogP contribution in [0.1, 0.15) is 49.0 Å². The number of ketones is 1. The number of hydrogen-bond donors (Lipinski definition) is 0. The van der Waals surface area contributed by atoms with Gasteiger partial charge in [0.25, 0.3) is 0 Å². The fourth-order valence-electron chi connectivity index (χ4n) is 4.06. The van der Waals surface area contributed by atoms with Gasteiger partial charge in [-0.05, 0) is 44.6 Å². The Morgan fingerprint density at radius 2 is 1.47 bits per heavy atom. The lowest BCUT2D eigenvalue weighted by Crippen LogP contribution is -2.42. The molecule has 2 aromatic carbocycles. The van der Waals surface area contributed by atoms with Crippen LogP contribution in [0, 0.1) is 17.3 Å². The van der Waals surface area contributed by atoms with Crippen LogP contribution in [0.3, 0.4) is 0 Å². The molecule has 1 saturated carbocycles. The molecule has 3 rings (SSSR count). The summed E-state index contributed by atoms with van der Waals surface area (Å²) >= 11 is 0. The molecule has 0 saturated heterocycles. The van der Waals surface area contributed by atoms with Crippen LogP contribution in [-0.4, -0.2) is 30.9 Å². The molecule has 32 heavy (non-hydrogen) atoms. The molecule has 2 unspecified atom stereocenters. The largest absolute Gasteiger partial charge is 0.465 e. The minimum absolute atomic E-state index is 0.0528. The number of carbonyl (C=O) groups excluding carboxylic acids is 3. The van der Waals surface area contributed by atoms with Crippen LogP contribution in [0.4, 0.5) is 0 Å². The molecule has 168 valence electrons. The Hall–Kier alpha value is -3.21. The van der Waals surface area contributed by atoms with E-state index in [9.17, 15) is 14.4 Å². The van der Waals surface area contributed by atoms with Gasteiger partial charge in [0.15, 0.2) is 11.2 Å². The molecule has 0 amide bonds. The van der Waals surface area contributed by atoms with Crippen molar-refractivity contribution in [1.82, 2.24) is 0 Å². The maximum absolute atomic E-state index is 13.1. The molecule has 5 nitrogen and oxygen atoms in total. The Balaban J connectivity index is 1.83. The fraction of sp³-hybridized carbons (Fsp3) is 0.370. The summed E-state index contributed by atoms with van der Waals surface area (Å²) in [7, 11) is 0.